The Labute approximate surface area is 199 Å². The third-order valence-electron chi connectivity index (χ3n) is 5.93. The molecule has 0 saturated carbocycles. The Morgan fingerprint density at radius 3 is 2.29 bits per heavy atom. The van der Waals surface area contributed by atoms with E-state index in [-0.39, 0.29) is 22.9 Å². The van der Waals surface area contributed by atoms with E-state index >= 15 is 0 Å². The maximum absolute atomic E-state index is 13.2. The first-order chi connectivity index (χ1) is 16.3. The first-order valence-corrected chi connectivity index (χ1v) is 12.6. The van der Waals surface area contributed by atoms with Gasteiger partial charge in [-0.1, -0.05) is 36.4 Å². The minimum atomic E-state index is -3.75. The number of nitrogens with one attached hydrogen (secondary N) is 2. The largest absolute Gasteiger partial charge is 0.343 e. The second kappa shape index (κ2) is 9.69. The topological polar surface area (TPSA) is 95.6 Å². The summed E-state index contributed by atoms with van der Waals surface area (Å²) in [5.74, 6) is -0.794. The zero-order valence-corrected chi connectivity index (χ0v) is 20.0. The molecule has 3 aromatic rings. The molecule has 0 spiro atoms. The number of para-hydroxylation sites is 2. The van der Waals surface area contributed by atoms with Crippen LogP contribution in [0.3, 0.4) is 0 Å². The van der Waals surface area contributed by atoms with Gasteiger partial charge in [0.25, 0.3) is 15.9 Å². The van der Waals surface area contributed by atoms with Gasteiger partial charge >= 0.3 is 0 Å². The van der Waals surface area contributed by atoms with Crippen LogP contribution in [0.4, 0.5) is 11.4 Å². The predicted molar refractivity (Wildman–Crippen MR) is 133 cm³/mol. The lowest BCUT2D eigenvalue weighted by atomic mass is 10.0. The molecule has 7 nitrogen and oxygen atoms in total. The smallest absolute Gasteiger partial charge is 0.264 e. The SMILES string of the molecule is Cc1cccc(C)c1NC(=O)CNC(=O)c1ccc(S(=O)(=O)N2CCCc3ccccc32)cc1. The van der Waals surface area contributed by atoms with Crippen molar-refractivity contribution in [3.63, 3.8) is 0 Å². The summed E-state index contributed by atoms with van der Waals surface area (Å²) in [6.07, 6.45) is 1.60. The lowest BCUT2D eigenvalue weighted by Crippen LogP contribution is -2.35. The number of hydrogen-bond acceptors (Lipinski definition) is 4. The van der Waals surface area contributed by atoms with Crippen LogP contribution in [0.15, 0.2) is 71.6 Å². The standard InChI is InChI=1S/C26H27N3O4S/c1-18-7-5-8-19(2)25(18)28-24(30)17-27-26(31)21-12-14-22(15-13-21)34(32,33)29-16-6-10-20-9-3-4-11-23(20)29/h3-5,7-9,11-15H,6,10,16-17H2,1-2H3,(H,27,31)(H,28,30). The van der Waals surface area contributed by atoms with Crippen molar-refractivity contribution in [1.29, 1.82) is 0 Å². The van der Waals surface area contributed by atoms with Crippen molar-refractivity contribution < 1.29 is 18.0 Å². The number of benzene rings is 3. The molecule has 0 radical (unpaired) electrons. The number of rotatable bonds is 6. The van der Waals surface area contributed by atoms with E-state index in [1.807, 2.05) is 56.3 Å². The summed E-state index contributed by atoms with van der Waals surface area (Å²) >= 11 is 0. The van der Waals surface area contributed by atoms with Crippen LogP contribution in [-0.2, 0) is 21.2 Å². The molecule has 2 N–H and O–H groups in total. The molecular formula is C26H27N3O4S. The van der Waals surface area contributed by atoms with Gasteiger partial charge in [0.05, 0.1) is 17.1 Å². The van der Waals surface area contributed by atoms with Gasteiger partial charge in [-0.05, 0) is 73.7 Å². The monoisotopic (exact) mass is 477 g/mol. The van der Waals surface area contributed by atoms with Gasteiger partial charge in [-0.15, -0.1) is 0 Å². The van der Waals surface area contributed by atoms with Crippen LogP contribution >= 0.6 is 0 Å². The van der Waals surface area contributed by atoms with Gasteiger partial charge in [-0.25, -0.2) is 8.42 Å². The Kier molecular flexibility index (Phi) is 6.70. The Balaban J connectivity index is 1.41. The van der Waals surface area contributed by atoms with Gasteiger partial charge in [0.1, 0.15) is 0 Å². The molecule has 3 aromatic carbocycles. The summed E-state index contributed by atoms with van der Waals surface area (Å²) in [4.78, 5) is 24.9. The van der Waals surface area contributed by atoms with Crippen molar-refractivity contribution in [3.8, 4) is 0 Å². The summed E-state index contributed by atoms with van der Waals surface area (Å²) in [6, 6.07) is 19.0. The highest BCUT2D eigenvalue weighted by Gasteiger charge is 2.29. The molecule has 0 fully saturated rings. The van der Waals surface area contributed by atoms with Gasteiger partial charge in [0.15, 0.2) is 0 Å². The van der Waals surface area contributed by atoms with Crippen LogP contribution in [0.1, 0.15) is 33.5 Å². The lowest BCUT2D eigenvalue weighted by molar-refractivity contribution is -0.115. The molecular weight excluding hydrogens is 450 g/mol. The minimum absolute atomic E-state index is 0.119. The number of anilines is 2. The highest BCUT2D eigenvalue weighted by Crippen LogP contribution is 2.31. The fourth-order valence-electron chi connectivity index (χ4n) is 4.11. The Morgan fingerprint density at radius 2 is 1.59 bits per heavy atom. The molecule has 0 bridgehead atoms. The van der Waals surface area contributed by atoms with Gasteiger partial charge in [-0.2, -0.15) is 0 Å². The van der Waals surface area contributed by atoms with E-state index in [1.165, 1.54) is 28.6 Å². The fraction of sp³-hybridized carbons (Fsp3) is 0.231. The second-order valence-electron chi connectivity index (χ2n) is 8.33. The molecule has 0 aliphatic carbocycles. The summed E-state index contributed by atoms with van der Waals surface area (Å²) in [5, 5.41) is 5.40. The normalized spacial score (nSPS) is 13.2. The number of hydrogen-bond donors (Lipinski definition) is 2. The Morgan fingerprint density at radius 1 is 0.912 bits per heavy atom. The third-order valence-corrected chi connectivity index (χ3v) is 7.75. The van der Waals surface area contributed by atoms with Crippen LogP contribution < -0.4 is 14.9 Å². The van der Waals surface area contributed by atoms with E-state index in [9.17, 15) is 18.0 Å². The van der Waals surface area contributed by atoms with E-state index in [1.54, 1.807) is 0 Å². The van der Waals surface area contributed by atoms with E-state index < -0.39 is 15.9 Å². The molecule has 0 aromatic heterocycles. The molecule has 1 aliphatic rings. The number of sulfonamides is 1. The number of amides is 2. The van der Waals surface area contributed by atoms with Crippen LogP contribution in [-0.4, -0.2) is 33.3 Å². The van der Waals surface area contributed by atoms with E-state index in [2.05, 4.69) is 10.6 Å². The van der Waals surface area contributed by atoms with Gasteiger partial charge < -0.3 is 10.6 Å². The molecule has 176 valence electrons. The summed E-state index contributed by atoms with van der Waals surface area (Å²) in [7, 11) is -3.75. The average Bonchev–Trinajstić information content (AvgIpc) is 2.84. The lowest BCUT2D eigenvalue weighted by Gasteiger charge is -2.30. The molecule has 34 heavy (non-hydrogen) atoms. The van der Waals surface area contributed by atoms with E-state index in [0.29, 0.717) is 12.2 Å². The van der Waals surface area contributed by atoms with E-state index in [0.717, 1.165) is 35.2 Å². The fourth-order valence-corrected chi connectivity index (χ4v) is 5.65. The predicted octanol–water partition coefficient (Wildman–Crippen LogP) is 3.81. The van der Waals surface area contributed by atoms with Crippen LogP contribution in [0.25, 0.3) is 0 Å². The molecule has 1 aliphatic heterocycles. The molecule has 8 heteroatoms. The summed E-state index contributed by atoms with van der Waals surface area (Å²) < 4.78 is 27.9. The van der Waals surface area contributed by atoms with Crippen molar-refractivity contribution in [2.45, 2.75) is 31.6 Å². The average molecular weight is 478 g/mol. The molecule has 2 amide bonds. The quantitative estimate of drug-likeness (QED) is 0.564. The Bertz CT molecular complexity index is 1310. The molecule has 0 atom stereocenters. The second-order valence-corrected chi connectivity index (χ2v) is 10.2. The molecule has 0 unspecified atom stereocenters. The molecule has 0 saturated heterocycles. The van der Waals surface area contributed by atoms with Gasteiger partial charge in [0.2, 0.25) is 5.91 Å². The number of nitrogens with zero attached hydrogens (tertiary/aromatic N) is 1. The van der Waals surface area contributed by atoms with Crippen LogP contribution in [0.5, 0.6) is 0 Å². The van der Waals surface area contributed by atoms with Gasteiger partial charge in [0, 0.05) is 17.8 Å². The van der Waals surface area contributed by atoms with Crippen molar-refractivity contribution in [2.24, 2.45) is 0 Å². The first kappa shape index (κ1) is 23.5. The highest BCUT2D eigenvalue weighted by atomic mass is 32.2. The van der Waals surface area contributed by atoms with Crippen LogP contribution in [0.2, 0.25) is 0 Å². The number of carbonyl (C=O) groups is 2. The Hall–Kier alpha value is -3.65. The number of fused-ring (bicyclic) bond motifs is 1. The third kappa shape index (κ3) is 4.82. The first-order valence-electron chi connectivity index (χ1n) is 11.1. The maximum atomic E-state index is 13.2. The maximum Gasteiger partial charge on any atom is 0.264 e. The zero-order chi connectivity index (χ0) is 24.3. The summed E-state index contributed by atoms with van der Waals surface area (Å²) in [5.41, 5.74) is 4.59. The molecule has 1 heterocycles. The number of carbonyl (C=O) groups excluding carboxylic acids is 2. The highest BCUT2D eigenvalue weighted by molar-refractivity contribution is 7.92. The minimum Gasteiger partial charge on any atom is -0.343 e. The van der Waals surface area contributed by atoms with Crippen molar-refractivity contribution in [1.82, 2.24) is 5.32 Å². The van der Waals surface area contributed by atoms with Crippen molar-refractivity contribution in [3.05, 3.63) is 89.0 Å². The summed E-state index contributed by atoms with van der Waals surface area (Å²) in [6.45, 7) is 4.02. The van der Waals surface area contributed by atoms with Gasteiger partial charge in [-0.3, -0.25) is 13.9 Å². The molecule has 4 rings (SSSR count). The van der Waals surface area contributed by atoms with E-state index in [4.69, 9.17) is 0 Å². The van der Waals surface area contributed by atoms with Crippen molar-refractivity contribution in [2.75, 3.05) is 22.7 Å². The van der Waals surface area contributed by atoms with Crippen molar-refractivity contribution >= 4 is 33.2 Å². The number of aryl methyl sites for hydroxylation is 3. The zero-order valence-electron chi connectivity index (χ0n) is 19.2. The van der Waals surface area contributed by atoms with Crippen LogP contribution in [0, 0.1) is 13.8 Å².